The molecule has 0 saturated carbocycles. The molecular formula is C9H22N2S2. The zero-order chi connectivity index (χ0) is 10.4. The van der Waals surface area contributed by atoms with Crippen molar-refractivity contribution in [2.45, 2.75) is 52.6 Å². The van der Waals surface area contributed by atoms with Gasteiger partial charge in [-0.25, -0.2) is 0 Å². The number of hydrogen-bond acceptors (Lipinski definition) is 3. The third kappa shape index (κ3) is 2.35. The fourth-order valence-electron chi connectivity index (χ4n) is 1.34. The zero-order valence-corrected chi connectivity index (χ0v) is 11.5. The average Bonchev–Trinajstić information content (AvgIpc) is 1.77. The molecule has 1 aliphatic rings. The van der Waals surface area contributed by atoms with E-state index in [2.05, 4.69) is 55.2 Å². The van der Waals surface area contributed by atoms with Crippen LogP contribution in [0.15, 0.2) is 0 Å². The Bertz CT molecular complexity index is 173. The van der Waals surface area contributed by atoms with E-state index in [0.717, 1.165) is 0 Å². The highest BCUT2D eigenvalue weighted by atomic mass is 32.3. The second-order valence-electron chi connectivity index (χ2n) is 5.46. The standard InChI is InChI=1S/C9H22N2S2/c1-8(2,3)10-12-11(13(10)7)9(4,5)6/h13H,1-7H3. The second-order valence-corrected chi connectivity index (χ2v) is 8.67. The SMILES string of the molecule is C[SH]1N(C(C)(C)C)SN1C(C)(C)C. The molecule has 0 aromatic rings. The number of rotatable bonds is 0. The first-order valence-electron chi connectivity index (χ1n) is 4.66. The summed E-state index contributed by atoms with van der Waals surface area (Å²) in [5.74, 6) is 0. The molecule has 1 saturated heterocycles. The molecule has 2 nitrogen and oxygen atoms in total. The summed E-state index contributed by atoms with van der Waals surface area (Å²) in [6, 6.07) is 0. The summed E-state index contributed by atoms with van der Waals surface area (Å²) in [5.41, 5.74) is 0.597. The van der Waals surface area contributed by atoms with Crippen molar-refractivity contribution < 1.29 is 0 Å². The summed E-state index contributed by atoms with van der Waals surface area (Å²) < 4.78 is 5.02. The number of hydrogen-bond donors (Lipinski definition) is 1. The van der Waals surface area contributed by atoms with Crippen molar-refractivity contribution in [3.8, 4) is 0 Å². The summed E-state index contributed by atoms with van der Waals surface area (Å²) in [7, 11) is 0. The molecule has 0 radical (unpaired) electrons. The second kappa shape index (κ2) is 3.33. The van der Waals surface area contributed by atoms with Crippen molar-refractivity contribution in [3.63, 3.8) is 0 Å². The highest BCUT2D eigenvalue weighted by Crippen LogP contribution is 2.60. The summed E-state index contributed by atoms with van der Waals surface area (Å²) >= 11 is 1.80. The van der Waals surface area contributed by atoms with Gasteiger partial charge in [0.25, 0.3) is 0 Å². The van der Waals surface area contributed by atoms with Crippen LogP contribution >= 0.6 is 23.4 Å². The van der Waals surface area contributed by atoms with E-state index in [1.54, 1.807) is 0 Å². The Morgan fingerprint density at radius 1 is 0.846 bits per heavy atom. The minimum Gasteiger partial charge on any atom is -0.183 e. The van der Waals surface area contributed by atoms with Gasteiger partial charge < -0.3 is 0 Å². The van der Waals surface area contributed by atoms with Crippen LogP contribution in [-0.2, 0) is 0 Å². The van der Waals surface area contributed by atoms with E-state index in [4.69, 9.17) is 0 Å². The minimum atomic E-state index is -0.0910. The van der Waals surface area contributed by atoms with Gasteiger partial charge in [-0.1, -0.05) is 0 Å². The van der Waals surface area contributed by atoms with Crippen LogP contribution in [0.1, 0.15) is 41.5 Å². The normalized spacial score (nSPS) is 24.7. The Morgan fingerprint density at radius 3 is 1.31 bits per heavy atom. The van der Waals surface area contributed by atoms with E-state index in [-0.39, 0.29) is 11.3 Å². The van der Waals surface area contributed by atoms with Gasteiger partial charge in [0.15, 0.2) is 0 Å². The van der Waals surface area contributed by atoms with E-state index >= 15 is 0 Å². The van der Waals surface area contributed by atoms with Gasteiger partial charge in [-0.15, -0.1) is 11.3 Å². The topological polar surface area (TPSA) is 6.48 Å². The lowest BCUT2D eigenvalue weighted by molar-refractivity contribution is 0.317. The lowest BCUT2D eigenvalue weighted by atomic mass is 10.1. The third-order valence-corrected chi connectivity index (χ3v) is 7.34. The van der Waals surface area contributed by atoms with E-state index in [0.29, 0.717) is 11.1 Å². The van der Waals surface area contributed by atoms with Crippen LogP contribution in [0.25, 0.3) is 0 Å². The molecule has 80 valence electrons. The van der Waals surface area contributed by atoms with Gasteiger partial charge in [-0.3, -0.25) is 0 Å². The molecule has 13 heavy (non-hydrogen) atoms. The Kier molecular flexibility index (Phi) is 3.00. The monoisotopic (exact) mass is 222 g/mol. The first kappa shape index (κ1) is 11.7. The van der Waals surface area contributed by atoms with Crippen LogP contribution in [0.4, 0.5) is 0 Å². The van der Waals surface area contributed by atoms with Gasteiger partial charge in [0, 0.05) is 23.2 Å². The highest BCUT2D eigenvalue weighted by Gasteiger charge is 2.44. The van der Waals surface area contributed by atoms with Crippen molar-refractivity contribution in [1.29, 1.82) is 0 Å². The molecule has 0 unspecified atom stereocenters. The molecule has 1 aliphatic heterocycles. The maximum Gasteiger partial charge on any atom is 0.0347 e. The molecule has 1 rings (SSSR count). The maximum absolute atomic E-state index is 2.51. The first-order valence-corrected chi connectivity index (χ1v) is 7.08. The molecule has 1 heterocycles. The molecule has 0 bridgehead atoms. The summed E-state index contributed by atoms with van der Waals surface area (Å²) in [6.07, 6.45) is 2.34. The van der Waals surface area contributed by atoms with Gasteiger partial charge in [-0.05, 0) is 47.8 Å². The van der Waals surface area contributed by atoms with Crippen LogP contribution in [0.2, 0.25) is 0 Å². The zero-order valence-electron chi connectivity index (χ0n) is 9.75. The summed E-state index contributed by atoms with van der Waals surface area (Å²) in [4.78, 5) is 0. The molecular weight excluding hydrogens is 200 g/mol. The van der Waals surface area contributed by atoms with E-state index in [1.165, 1.54) is 0 Å². The van der Waals surface area contributed by atoms with Crippen LogP contribution in [0, 0.1) is 0 Å². The van der Waals surface area contributed by atoms with Crippen LogP contribution in [0.3, 0.4) is 0 Å². The third-order valence-electron chi connectivity index (χ3n) is 1.83. The Labute approximate surface area is 89.9 Å². The molecule has 4 heteroatoms. The summed E-state index contributed by atoms with van der Waals surface area (Å²) in [6.45, 7) is 13.7. The molecule has 0 N–H and O–H groups in total. The Hall–Kier alpha value is 0.620. The van der Waals surface area contributed by atoms with Gasteiger partial charge >= 0.3 is 0 Å². The Morgan fingerprint density at radius 2 is 1.15 bits per heavy atom. The Balaban J connectivity index is 2.58. The summed E-state index contributed by atoms with van der Waals surface area (Å²) in [5, 5.41) is 0. The fourth-order valence-corrected chi connectivity index (χ4v) is 5.11. The van der Waals surface area contributed by atoms with Crippen molar-refractivity contribution in [2.24, 2.45) is 0 Å². The molecule has 0 aromatic heterocycles. The van der Waals surface area contributed by atoms with E-state index in [1.807, 2.05) is 12.1 Å². The highest BCUT2D eigenvalue weighted by molar-refractivity contribution is 8.33. The average molecular weight is 222 g/mol. The van der Waals surface area contributed by atoms with E-state index in [9.17, 15) is 0 Å². The van der Waals surface area contributed by atoms with Gasteiger partial charge in [0.2, 0.25) is 0 Å². The van der Waals surface area contributed by atoms with Crippen molar-refractivity contribution in [2.75, 3.05) is 6.26 Å². The lowest BCUT2D eigenvalue weighted by Gasteiger charge is -2.59. The first-order chi connectivity index (χ1) is 5.64. The van der Waals surface area contributed by atoms with Gasteiger partial charge in [0.1, 0.15) is 0 Å². The molecule has 0 aromatic carbocycles. The smallest absolute Gasteiger partial charge is 0.0347 e. The molecule has 1 fully saturated rings. The van der Waals surface area contributed by atoms with Gasteiger partial charge in [-0.2, -0.15) is 7.42 Å². The largest absolute Gasteiger partial charge is 0.183 e. The molecule has 0 aliphatic carbocycles. The predicted octanol–water partition coefficient (Wildman–Crippen LogP) is 3.23. The van der Waals surface area contributed by atoms with Crippen molar-refractivity contribution in [3.05, 3.63) is 0 Å². The molecule has 0 spiro atoms. The van der Waals surface area contributed by atoms with Gasteiger partial charge in [0.05, 0.1) is 0 Å². The van der Waals surface area contributed by atoms with Crippen LogP contribution in [0.5, 0.6) is 0 Å². The molecule has 0 atom stereocenters. The number of thiol groups is 1. The minimum absolute atomic E-state index is 0.0910. The maximum atomic E-state index is 2.51. The fraction of sp³-hybridized carbons (Fsp3) is 1.00. The quantitative estimate of drug-likeness (QED) is 0.497. The van der Waals surface area contributed by atoms with Crippen molar-refractivity contribution in [1.82, 2.24) is 7.42 Å². The van der Waals surface area contributed by atoms with Crippen LogP contribution in [-0.4, -0.2) is 24.8 Å². The van der Waals surface area contributed by atoms with Crippen LogP contribution < -0.4 is 0 Å². The number of nitrogens with zero attached hydrogens (tertiary/aromatic N) is 2. The molecule has 0 amide bonds. The predicted molar refractivity (Wildman–Crippen MR) is 65.7 cm³/mol. The van der Waals surface area contributed by atoms with E-state index < -0.39 is 0 Å². The van der Waals surface area contributed by atoms with Crippen molar-refractivity contribution >= 4 is 23.4 Å². The lowest BCUT2D eigenvalue weighted by Crippen LogP contribution is -2.52.